The highest BCUT2D eigenvalue weighted by Crippen LogP contribution is 2.16. The molecule has 0 spiro atoms. The quantitative estimate of drug-likeness (QED) is 0.665. The van der Waals surface area contributed by atoms with Crippen LogP contribution in [0.2, 0.25) is 5.15 Å². The molecule has 2 aromatic heterocycles. The lowest BCUT2D eigenvalue weighted by Gasteiger charge is -2.13. The standard InChI is InChI=1S/C11H12ClN5/c1-3-5-8(4-2)15-10-6-9(12)16-11-13-7-14-17(10)11/h2,6-8,15H,3,5H2,1H3. The van der Waals surface area contributed by atoms with E-state index in [9.17, 15) is 0 Å². The van der Waals surface area contributed by atoms with Gasteiger partial charge in [-0.05, 0) is 6.42 Å². The Morgan fingerprint density at radius 3 is 3.18 bits per heavy atom. The second-order valence-electron chi connectivity index (χ2n) is 3.59. The first-order valence-corrected chi connectivity index (χ1v) is 5.71. The molecular weight excluding hydrogens is 238 g/mol. The van der Waals surface area contributed by atoms with Crippen molar-refractivity contribution in [1.82, 2.24) is 19.6 Å². The number of nitrogens with zero attached hydrogens (tertiary/aromatic N) is 4. The van der Waals surface area contributed by atoms with Crippen molar-refractivity contribution < 1.29 is 0 Å². The molecule has 2 rings (SSSR count). The predicted octanol–water partition coefficient (Wildman–Crippen LogP) is 1.99. The Morgan fingerprint density at radius 1 is 1.65 bits per heavy atom. The van der Waals surface area contributed by atoms with Gasteiger partial charge in [-0.25, -0.2) is 0 Å². The molecule has 6 heteroatoms. The zero-order valence-corrected chi connectivity index (χ0v) is 10.1. The van der Waals surface area contributed by atoms with Crippen LogP contribution in [0.25, 0.3) is 5.78 Å². The van der Waals surface area contributed by atoms with E-state index >= 15 is 0 Å². The zero-order valence-electron chi connectivity index (χ0n) is 9.39. The van der Waals surface area contributed by atoms with Crippen LogP contribution in [0.3, 0.4) is 0 Å². The van der Waals surface area contributed by atoms with Gasteiger partial charge in [0.25, 0.3) is 5.78 Å². The molecule has 0 aliphatic carbocycles. The van der Waals surface area contributed by atoms with Gasteiger partial charge in [0.05, 0.1) is 6.04 Å². The van der Waals surface area contributed by atoms with Crippen LogP contribution in [0, 0.1) is 12.3 Å². The Balaban J connectivity index is 2.34. The number of anilines is 1. The van der Waals surface area contributed by atoms with Crippen LogP contribution in [0.5, 0.6) is 0 Å². The summed E-state index contributed by atoms with van der Waals surface area (Å²) in [6.45, 7) is 2.08. The van der Waals surface area contributed by atoms with Gasteiger partial charge in [0.15, 0.2) is 0 Å². The molecule has 0 aliphatic rings. The molecule has 1 N–H and O–H groups in total. The van der Waals surface area contributed by atoms with Crippen molar-refractivity contribution in [3.8, 4) is 12.3 Å². The maximum atomic E-state index is 5.90. The highest BCUT2D eigenvalue weighted by Gasteiger charge is 2.09. The summed E-state index contributed by atoms with van der Waals surface area (Å²) < 4.78 is 1.58. The smallest absolute Gasteiger partial charge is 0.255 e. The third-order valence-electron chi connectivity index (χ3n) is 2.32. The van der Waals surface area contributed by atoms with Crippen molar-refractivity contribution in [3.63, 3.8) is 0 Å². The van der Waals surface area contributed by atoms with Crippen LogP contribution in [0.15, 0.2) is 12.4 Å². The highest BCUT2D eigenvalue weighted by atomic mass is 35.5. The number of fused-ring (bicyclic) bond motifs is 1. The molecule has 2 heterocycles. The molecule has 0 amide bonds. The van der Waals surface area contributed by atoms with Gasteiger partial charge in [-0.1, -0.05) is 30.9 Å². The van der Waals surface area contributed by atoms with Crippen LogP contribution in [0.1, 0.15) is 19.8 Å². The van der Waals surface area contributed by atoms with Gasteiger partial charge in [0, 0.05) is 6.07 Å². The minimum absolute atomic E-state index is 0.0501. The number of nitrogens with one attached hydrogen (secondary N) is 1. The summed E-state index contributed by atoms with van der Waals surface area (Å²) in [5, 5.41) is 7.62. The fourth-order valence-corrected chi connectivity index (χ4v) is 1.73. The number of halogens is 1. The van der Waals surface area contributed by atoms with Crippen molar-refractivity contribution >= 4 is 23.2 Å². The molecule has 88 valence electrons. The SMILES string of the molecule is C#CC(CCC)Nc1cc(Cl)nc2ncnn12. The molecule has 0 saturated carbocycles. The third-order valence-corrected chi connectivity index (χ3v) is 2.51. The number of rotatable bonds is 4. The number of hydrogen-bond acceptors (Lipinski definition) is 4. The first-order chi connectivity index (χ1) is 8.24. The summed E-state index contributed by atoms with van der Waals surface area (Å²) in [6.07, 6.45) is 8.77. The van der Waals surface area contributed by atoms with E-state index in [2.05, 4.69) is 33.2 Å². The van der Waals surface area contributed by atoms with E-state index in [1.165, 1.54) is 6.33 Å². The largest absolute Gasteiger partial charge is 0.356 e. The molecule has 0 aromatic carbocycles. The molecule has 1 unspecified atom stereocenters. The Morgan fingerprint density at radius 2 is 2.47 bits per heavy atom. The molecule has 17 heavy (non-hydrogen) atoms. The van der Waals surface area contributed by atoms with Crippen LogP contribution in [-0.2, 0) is 0 Å². The summed E-state index contributed by atoms with van der Waals surface area (Å²) in [4.78, 5) is 8.02. The monoisotopic (exact) mass is 249 g/mol. The lowest BCUT2D eigenvalue weighted by Crippen LogP contribution is -2.19. The van der Waals surface area contributed by atoms with E-state index < -0.39 is 0 Å². The van der Waals surface area contributed by atoms with Crippen molar-refractivity contribution in [2.24, 2.45) is 0 Å². The van der Waals surface area contributed by atoms with Gasteiger partial charge in [-0.2, -0.15) is 19.6 Å². The summed E-state index contributed by atoms with van der Waals surface area (Å²) in [5.74, 6) is 3.85. The van der Waals surface area contributed by atoms with Gasteiger partial charge in [-0.3, -0.25) is 0 Å². The van der Waals surface area contributed by atoms with E-state index in [0.717, 1.165) is 12.8 Å². The predicted molar refractivity (Wildman–Crippen MR) is 66.9 cm³/mol. The van der Waals surface area contributed by atoms with E-state index in [1.54, 1.807) is 10.6 Å². The van der Waals surface area contributed by atoms with Crippen molar-refractivity contribution in [1.29, 1.82) is 0 Å². The van der Waals surface area contributed by atoms with Crippen LogP contribution < -0.4 is 5.32 Å². The molecule has 1 atom stereocenters. The fraction of sp³-hybridized carbons (Fsp3) is 0.364. The second kappa shape index (κ2) is 5.02. The van der Waals surface area contributed by atoms with Gasteiger partial charge in [0.2, 0.25) is 0 Å². The summed E-state index contributed by atoms with van der Waals surface area (Å²) in [7, 11) is 0. The number of terminal acetylenes is 1. The van der Waals surface area contributed by atoms with Crippen LogP contribution >= 0.6 is 11.6 Å². The average molecular weight is 250 g/mol. The van der Waals surface area contributed by atoms with E-state index in [0.29, 0.717) is 16.7 Å². The summed E-state index contributed by atoms with van der Waals surface area (Å²) in [6, 6.07) is 1.63. The molecule has 0 bridgehead atoms. The summed E-state index contributed by atoms with van der Waals surface area (Å²) >= 11 is 5.90. The van der Waals surface area contributed by atoms with E-state index in [4.69, 9.17) is 18.0 Å². The lowest BCUT2D eigenvalue weighted by molar-refractivity contribution is 0.745. The normalized spacial score (nSPS) is 12.3. The number of hydrogen-bond donors (Lipinski definition) is 1. The van der Waals surface area contributed by atoms with Crippen molar-refractivity contribution in [2.75, 3.05) is 5.32 Å². The highest BCUT2D eigenvalue weighted by molar-refractivity contribution is 6.29. The molecule has 5 nitrogen and oxygen atoms in total. The molecular formula is C11H12ClN5. The average Bonchev–Trinajstić information content (AvgIpc) is 2.76. The van der Waals surface area contributed by atoms with E-state index in [1.807, 2.05) is 0 Å². The Hall–Kier alpha value is -1.80. The van der Waals surface area contributed by atoms with E-state index in [-0.39, 0.29) is 6.04 Å². The van der Waals surface area contributed by atoms with Crippen molar-refractivity contribution in [3.05, 3.63) is 17.5 Å². The molecule has 0 radical (unpaired) electrons. The minimum atomic E-state index is -0.0501. The zero-order chi connectivity index (χ0) is 12.3. The Labute approximate surface area is 104 Å². The first kappa shape index (κ1) is 11.7. The minimum Gasteiger partial charge on any atom is -0.356 e. The van der Waals surface area contributed by atoms with Gasteiger partial charge in [0.1, 0.15) is 17.3 Å². The first-order valence-electron chi connectivity index (χ1n) is 5.33. The fourth-order valence-electron chi connectivity index (χ4n) is 1.55. The topological polar surface area (TPSA) is 55.1 Å². The molecule has 2 aromatic rings. The van der Waals surface area contributed by atoms with Gasteiger partial charge in [-0.15, -0.1) is 6.42 Å². The Kier molecular flexibility index (Phi) is 3.45. The molecule has 0 saturated heterocycles. The van der Waals surface area contributed by atoms with Gasteiger partial charge >= 0.3 is 0 Å². The number of aromatic nitrogens is 4. The van der Waals surface area contributed by atoms with Gasteiger partial charge < -0.3 is 5.32 Å². The lowest BCUT2D eigenvalue weighted by atomic mass is 10.2. The Bertz CT molecular complexity index is 556. The van der Waals surface area contributed by atoms with Crippen LogP contribution in [0.4, 0.5) is 5.82 Å². The summed E-state index contributed by atoms with van der Waals surface area (Å²) in [5.41, 5.74) is 0. The molecule has 0 fully saturated rings. The second-order valence-corrected chi connectivity index (χ2v) is 3.98. The maximum Gasteiger partial charge on any atom is 0.255 e. The van der Waals surface area contributed by atoms with Crippen LogP contribution in [-0.4, -0.2) is 25.6 Å². The van der Waals surface area contributed by atoms with Crippen molar-refractivity contribution in [2.45, 2.75) is 25.8 Å². The maximum absolute atomic E-state index is 5.90. The third kappa shape index (κ3) is 2.48. The molecule has 0 aliphatic heterocycles.